The summed E-state index contributed by atoms with van der Waals surface area (Å²) in [6.07, 6.45) is 0. The molecule has 57 heavy (non-hydrogen) atoms. The monoisotopic (exact) mass is 725 g/mol. The summed E-state index contributed by atoms with van der Waals surface area (Å²) < 4.78 is 7.17. The lowest BCUT2D eigenvalue weighted by Gasteiger charge is -2.30. The maximum absolute atomic E-state index is 7.17. The van der Waals surface area contributed by atoms with Crippen LogP contribution >= 0.6 is 0 Å². The van der Waals surface area contributed by atoms with Crippen LogP contribution in [0.1, 0.15) is 22.3 Å². The summed E-state index contributed by atoms with van der Waals surface area (Å²) in [5, 5.41) is 2.27. The third-order valence-corrected chi connectivity index (χ3v) is 12.3. The normalized spacial score (nSPS) is 13.1. The molecule has 0 bridgehead atoms. The third kappa shape index (κ3) is 4.53. The minimum absolute atomic E-state index is 0.405. The van der Waals surface area contributed by atoms with Crippen molar-refractivity contribution in [2.75, 3.05) is 4.90 Å². The lowest BCUT2D eigenvalue weighted by atomic mass is 9.70. The zero-order valence-electron chi connectivity index (χ0n) is 31.1. The molecule has 0 fully saturated rings. The Kier molecular flexibility index (Phi) is 6.88. The largest absolute Gasteiger partial charge is 0.455 e. The van der Waals surface area contributed by atoms with E-state index in [1.165, 1.54) is 55.6 Å². The number of nitrogens with zero attached hydrogens (tertiary/aromatic N) is 1. The first-order valence-electron chi connectivity index (χ1n) is 19.7. The van der Waals surface area contributed by atoms with E-state index in [9.17, 15) is 0 Å². The lowest BCUT2D eigenvalue weighted by Crippen LogP contribution is -2.25. The molecule has 1 heterocycles. The predicted octanol–water partition coefficient (Wildman–Crippen LogP) is 14.7. The summed E-state index contributed by atoms with van der Waals surface area (Å²) in [7, 11) is 0. The number of anilines is 3. The van der Waals surface area contributed by atoms with Crippen molar-refractivity contribution in [1.29, 1.82) is 0 Å². The average molecular weight is 726 g/mol. The molecule has 1 spiro atoms. The van der Waals surface area contributed by atoms with Gasteiger partial charge in [-0.15, -0.1) is 0 Å². The Balaban J connectivity index is 0.995. The van der Waals surface area contributed by atoms with Gasteiger partial charge in [0, 0.05) is 39.0 Å². The summed E-state index contributed by atoms with van der Waals surface area (Å²) in [4.78, 5) is 2.32. The predicted molar refractivity (Wildman–Crippen MR) is 236 cm³/mol. The van der Waals surface area contributed by atoms with E-state index < -0.39 is 5.41 Å². The molecule has 12 rings (SSSR count). The van der Waals surface area contributed by atoms with Gasteiger partial charge < -0.3 is 9.32 Å². The van der Waals surface area contributed by atoms with Crippen LogP contribution in [0.25, 0.3) is 66.4 Å². The van der Waals surface area contributed by atoms with E-state index in [1.54, 1.807) is 0 Å². The zero-order valence-corrected chi connectivity index (χ0v) is 31.1. The molecule has 2 heteroatoms. The molecular weight excluding hydrogens is 691 g/mol. The quantitative estimate of drug-likeness (QED) is 0.176. The Morgan fingerprint density at radius 1 is 0.298 bits per heavy atom. The fourth-order valence-electron chi connectivity index (χ4n) is 9.91. The molecule has 0 N–H and O–H groups in total. The van der Waals surface area contributed by atoms with E-state index in [0.29, 0.717) is 0 Å². The summed E-state index contributed by atoms with van der Waals surface area (Å²) >= 11 is 0. The highest BCUT2D eigenvalue weighted by Gasteiger charge is 2.52. The lowest BCUT2D eigenvalue weighted by molar-refractivity contribution is 0.670. The molecule has 2 aliphatic carbocycles. The fraction of sp³-hybridized carbons (Fsp3) is 0.0182. The van der Waals surface area contributed by atoms with Crippen LogP contribution in [0.15, 0.2) is 217 Å². The highest BCUT2D eigenvalue weighted by atomic mass is 16.3. The van der Waals surface area contributed by atoms with Crippen LogP contribution in [-0.2, 0) is 5.41 Å². The van der Waals surface area contributed by atoms with Crippen LogP contribution in [0.4, 0.5) is 17.1 Å². The van der Waals surface area contributed by atoms with Crippen LogP contribution in [0, 0.1) is 0 Å². The number of hydrogen-bond acceptors (Lipinski definition) is 2. The van der Waals surface area contributed by atoms with Crippen molar-refractivity contribution in [3.05, 3.63) is 235 Å². The van der Waals surface area contributed by atoms with E-state index in [-0.39, 0.29) is 0 Å². The topological polar surface area (TPSA) is 16.4 Å². The van der Waals surface area contributed by atoms with Gasteiger partial charge in [0.25, 0.3) is 0 Å². The van der Waals surface area contributed by atoms with Gasteiger partial charge in [-0.1, -0.05) is 176 Å². The molecule has 9 aromatic carbocycles. The SMILES string of the molecule is c1ccc(-c2ccc(N(c3ccccc3)c3ccc(-c4cccc5c4oc4c6c(ccc45)C4(c5ccccc5-c5ccccc54)c4ccccc4-6)cc3)cc2)cc1. The molecule has 0 saturated heterocycles. The second-order valence-electron chi connectivity index (χ2n) is 15.2. The van der Waals surface area contributed by atoms with Crippen molar-refractivity contribution in [2.24, 2.45) is 0 Å². The molecule has 1 aromatic heterocycles. The van der Waals surface area contributed by atoms with Crippen molar-refractivity contribution < 1.29 is 4.42 Å². The van der Waals surface area contributed by atoms with Crippen LogP contribution in [-0.4, -0.2) is 0 Å². The molecule has 0 amide bonds. The van der Waals surface area contributed by atoms with Crippen LogP contribution in [0.3, 0.4) is 0 Å². The standard InChI is InChI=1S/C55H35NO/c1-3-14-36(15-4-1)37-26-30-40(31-27-37)56(39-16-5-2-6-17-39)41-32-28-38(29-33-41)42-21-13-22-45-46-34-35-51-52(54(46)57-53(42)45)47-20-9-12-25-50(47)55(51)48-23-10-7-18-43(48)44-19-8-11-24-49(44)55/h1-35H. The molecule has 0 saturated carbocycles. The average Bonchev–Trinajstić information content (AvgIpc) is 3.92. The molecule has 2 nitrogen and oxygen atoms in total. The molecule has 0 radical (unpaired) electrons. The maximum atomic E-state index is 7.17. The highest BCUT2D eigenvalue weighted by Crippen LogP contribution is 2.64. The molecule has 2 aliphatic rings. The highest BCUT2D eigenvalue weighted by molar-refractivity contribution is 6.15. The van der Waals surface area contributed by atoms with E-state index in [0.717, 1.165) is 50.1 Å². The Hall–Kier alpha value is -7.42. The van der Waals surface area contributed by atoms with Gasteiger partial charge in [0.15, 0.2) is 0 Å². The Bertz CT molecular complexity index is 3110. The van der Waals surface area contributed by atoms with Gasteiger partial charge in [0.05, 0.1) is 5.41 Å². The Labute approximate surface area is 331 Å². The number of rotatable bonds is 5. The summed E-state index contributed by atoms with van der Waals surface area (Å²) in [6.45, 7) is 0. The minimum atomic E-state index is -0.405. The van der Waals surface area contributed by atoms with Gasteiger partial charge in [-0.05, 0) is 92.0 Å². The molecule has 266 valence electrons. The van der Waals surface area contributed by atoms with Crippen LogP contribution in [0.5, 0.6) is 0 Å². The van der Waals surface area contributed by atoms with Crippen LogP contribution < -0.4 is 4.90 Å². The summed E-state index contributed by atoms with van der Waals surface area (Å²) in [5.74, 6) is 0. The van der Waals surface area contributed by atoms with E-state index in [2.05, 4.69) is 217 Å². The van der Waals surface area contributed by atoms with Crippen molar-refractivity contribution >= 4 is 39.0 Å². The van der Waals surface area contributed by atoms with Gasteiger partial charge in [-0.25, -0.2) is 0 Å². The van der Waals surface area contributed by atoms with Crippen molar-refractivity contribution in [3.63, 3.8) is 0 Å². The Morgan fingerprint density at radius 2 is 0.772 bits per heavy atom. The van der Waals surface area contributed by atoms with E-state index in [4.69, 9.17) is 4.42 Å². The number of furan rings is 1. The smallest absolute Gasteiger partial charge is 0.143 e. The fourth-order valence-corrected chi connectivity index (χ4v) is 9.91. The first kappa shape index (κ1) is 31.9. The number of benzene rings is 9. The van der Waals surface area contributed by atoms with Gasteiger partial charge in [-0.3, -0.25) is 0 Å². The van der Waals surface area contributed by atoms with Gasteiger partial charge in [0.1, 0.15) is 11.2 Å². The molecule has 0 unspecified atom stereocenters. The second kappa shape index (κ2) is 12.3. The number of para-hydroxylation sites is 2. The first-order chi connectivity index (χ1) is 28.3. The van der Waals surface area contributed by atoms with E-state index >= 15 is 0 Å². The number of hydrogen-bond donors (Lipinski definition) is 0. The first-order valence-corrected chi connectivity index (χ1v) is 19.7. The summed E-state index contributed by atoms with van der Waals surface area (Å²) in [5.41, 5.74) is 19.7. The van der Waals surface area contributed by atoms with Crippen LogP contribution in [0.2, 0.25) is 0 Å². The Morgan fingerprint density at radius 3 is 1.42 bits per heavy atom. The number of fused-ring (bicyclic) bond motifs is 14. The molecular formula is C55H35NO. The second-order valence-corrected chi connectivity index (χ2v) is 15.2. The molecule has 10 aromatic rings. The zero-order chi connectivity index (χ0) is 37.5. The molecule has 0 aliphatic heterocycles. The van der Waals surface area contributed by atoms with E-state index in [1.807, 2.05) is 0 Å². The van der Waals surface area contributed by atoms with Crippen molar-refractivity contribution in [2.45, 2.75) is 5.41 Å². The maximum Gasteiger partial charge on any atom is 0.143 e. The van der Waals surface area contributed by atoms with Gasteiger partial charge in [0.2, 0.25) is 0 Å². The third-order valence-electron chi connectivity index (χ3n) is 12.3. The van der Waals surface area contributed by atoms with Gasteiger partial charge >= 0.3 is 0 Å². The minimum Gasteiger partial charge on any atom is -0.455 e. The van der Waals surface area contributed by atoms with Crippen molar-refractivity contribution in [3.8, 4) is 44.5 Å². The van der Waals surface area contributed by atoms with Crippen molar-refractivity contribution in [1.82, 2.24) is 0 Å². The molecule has 0 atom stereocenters. The van der Waals surface area contributed by atoms with Gasteiger partial charge in [-0.2, -0.15) is 0 Å². The summed E-state index contributed by atoms with van der Waals surface area (Å²) in [6, 6.07) is 77.0.